The Labute approximate surface area is 239 Å². The quantitative estimate of drug-likeness (QED) is 0.110. The van der Waals surface area contributed by atoms with Gasteiger partial charge in [0.25, 0.3) is 0 Å². The number of rotatable bonds is 13. The van der Waals surface area contributed by atoms with Crippen molar-refractivity contribution in [3.8, 4) is 0 Å². The number of hydrogen-bond acceptors (Lipinski definition) is 4. The van der Waals surface area contributed by atoms with Gasteiger partial charge in [0.15, 0.2) is 0 Å². The molecule has 9 atom stereocenters. The summed E-state index contributed by atoms with van der Waals surface area (Å²) < 4.78 is 6.04. The van der Waals surface area contributed by atoms with E-state index in [1.165, 1.54) is 44.0 Å². The summed E-state index contributed by atoms with van der Waals surface area (Å²) in [7, 11) is 0. The molecule has 4 aliphatic carbocycles. The van der Waals surface area contributed by atoms with Crippen molar-refractivity contribution in [3.05, 3.63) is 11.6 Å². The zero-order valence-corrected chi connectivity index (χ0v) is 25.8. The van der Waals surface area contributed by atoms with E-state index in [0.29, 0.717) is 36.5 Å². The third-order valence-corrected chi connectivity index (χ3v) is 12.2. The molecule has 4 aliphatic rings. The average molecular weight is 543 g/mol. The van der Waals surface area contributed by atoms with Crippen LogP contribution in [-0.4, -0.2) is 29.1 Å². The van der Waals surface area contributed by atoms with Gasteiger partial charge in [0, 0.05) is 12.8 Å². The number of aldehydes is 1. The predicted octanol–water partition coefficient (Wildman–Crippen LogP) is 8.59. The number of hydrogen-bond donors (Lipinski definition) is 1. The monoisotopic (exact) mass is 542 g/mol. The van der Waals surface area contributed by atoms with E-state index in [1.807, 2.05) is 0 Å². The normalized spacial score (nSPS) is 41.2. The van der Waals surface area contributed by atoms with Gasteiger partial charge >= 0.3 is 5.97 Å². The molecule has 0 amide bonds. The molecule has 0 spiro atoms. The Morgan fingerprint density at radius 2 is 1.67 bits per heavy atom. The van der Waals surface area contributed by atoms with E-state index in [0.717, 1.165) is 64.2 Å². The molecule has 0 saturated heterocycles. The lowest BCUT2D eigenvalue weighted by Crippen LogP contribution is -2.59. The number of ether oxygens (including phenoxy) is 1. The second-order valence-electron chi connectivity index (χ2n) is 14.3. The Kier molecular flexibility index (Phi) is 10.1. The Morgan fingerprint density at radius 1 is 1.00 bits per heavy atom. The molecule has 0 bridgehead atoms. The summed E-state index contributed by atoms with van der Waals surface area (Å²) in [6, 6.07) is 0. The van der Waals surface area contributed by atoms with Crippen molar-refractivity contribution in [2.45, 2.75) is 155 Å². The van der Waals surface area contributed by atoms with E-state index in [1.54, 1.807) is 0 Å². The lowest BCUT2D eigenvalue weighted by molar-refractivity contribution is -0.160. The molecule has 0 heterocycles. The molecule has 39 heavy (non-hydrogen) atoms. The molecule has 0 aromatic rings. The number of unbranched alkanes of at least 4 members (excludes halogenated alkanes) is 7. The molecule has 0 aromatic heterocycles. The summed E-state index contributed by atoms with van der Waals surface area (Å²) in [5, 5.41) is 11.9. The fourth-order valence-corrected chi connectivity index (χ4v) is 9.97. The lowest BCUT2D eigenvalue weighted by atomic mass is 9.43. The minimum absolute atomic E-state index is 0.0566. The van der Waals surface area contributed by atoms with Gasteiger partial charge in [-0.2, -0.15) is 0 Å². The highest BCUT2D eigenvalue weighted by Gasteiger charge is 2.66. The molecule has 222 valence electrons. The number of esters is 1. The van der Waals surface area contributed by atoms with Crippen molar-refractivity contribution in [1.82, 2.24) is 0 Å². The number of allylic oxidation sites excluding steroid dienone is 1. The van der Waals surface area contributed by atoms with Gasteiger partial charge in [0.2, 0.25) is 0 Å². The molecule has 3 fully saturated rings. The van der Waals surface area contributed by atoms with E-state index in [-0.39, 0.29) is 23.4 Å². The summed E-state index contributed by atoms with van der Waals surface area (Å²) in [4.78, 5) is 25.8. The third-order valence-electron chi connectivity index (χ3n) is 12.2. The SMILES string of the molecule is CCCCCCCCCC(=O)O[C@@H]1CC2=C[C@@H](C)[C@@H]3[C@H](CC[C@@]4(C)[C@H]3CC[C@@]4(O)CCCC)[C@@]2(C=O)[C@@H](C)C1. The van der Waals surface area contributed by atoms with Gasteiger partial charge in [0.1, 0.15) is 12.4 Å². The van der Waals surface area contributed by atoms with Crippen LogP contribution < -0.4 is 0 Å². The van der Waals surface area contributed by atoms with Gasteiger partial charge in [-0.25, -0.2) is 0 Å². The highest BCUT2D eigenvalue weighted by Crippen LogP contribution is 2.69. The fourth-order valence-electron chi connectivity index (χ4n) is 9.97. The molecule has 4 rings (SSSR count). The van der Waals surface area contributed by atoms with E-state index in [9.17, 15) is 14.7 Å². The zero-order chi connectivity index (χ0) is 28.3. The third kappa shape index (κ3) is 5.67. The van der Waals surface area contributed by atoms with E-state index in [2.05, 4.69) is 40.7 Å². The minimum Gasteiger partial charge on any atom is -0.462 e. The number of aliphatic hydroxyl groups is 1. The average Bonchev–Trinajstić information content (AvgIpc) is 3.17. The summed E-state index contributed by atoms with van der Waals surface area (Å²) >= 11 is 0. The van der Waals surface area contributed by atoms with Gasteiger partial charge < -0.3 is 14.6 Å². The summed E-state index contributed by atoms with van der Waals surface area (Å²) in [5.41, 5.74) is 0.175. The van der Waals surface area contributed by atoms with Crippen molar-refractivity contribution in [3.63, 3.8) is 0 Å². The second kappa shape index (κ2) is 12.8. The zero-order valence-electron chi connectivity index (χ0n) is 25.8. The first-order valence-corrected chi connectivity index (χ1v) is 16.8. The van der Waals surface area contributed by atoms with Crippen molar-refractivity contribution in [2.24, 2.45) is 40.4 Å². The van der Waals surface area contributed by atoms with E-state index in [4.69, 9.17) is 4.74 Å². The highest BCUT2D eigenvalue weighted by molar-refractivity contribution is 5.70. The van der Waals surface area contributed by atoms with Crippen molar-refractivity contribution >= 4 is 12.3 Å². The van der Waals surface area contributed by atoms with Crippen molar-refractivity contribution in [2.75, 3.05) is 0 Å². The van der Waals surface area contributed by atoms with Gasteiger partial charge in [-0.3, -0.25) is 4.79 Å². The molecule has 1 N–H and O–H groups in total. The maximum absolute atomic E-state index is 13.1. The molecule has 0 aromatic carbocycles. The summed E-state index contributed by atoms with van der Waals surface area (Å²) in [6.45, 7) is 11.4. The van der Waals surface area contributed by atoms with Crippen LogP contribution >= 0.6 is 0 Å². The smallest absolute Gasteiger partial charge is 0.306 e. The van der Waals surface area contributed by atoms with Crippen LogP contribution in [0.1, 0.15) is 144 Å². The molecular formula is C35H58O4. The Bertz CT molecular complexity index is 880. The maximum atomic E-state index is 13.1. The van der Waals surface area contributed by atoms with Crippen LogP contribution in [-0.2, 0) is 14.3 Å². The Balaban J connectivity index is 1.43. The van der Waals surface area contributed by atoms with Gasteiger partial charge in [0.05, 0.1) is 11.0 Å². The van der Waals surface area contributed by atoms with Crippen LogP contribution in [0, 0.1) is 40.4 Å². The van der Waals surface area contributed by atoms with Gasteiger partial charge in [-0.05, 0) is 80.0 Å². The summed E-state index contributed by atoms with van der Waals surface area (Å²) in [6.07, 6.45) is 21.1. The summed E-state index contributed by atoms with van der Waals surface area (Å²) in [5.74, 6) is 1.71. The molecule has 4 nitrogen and oxygen atoms in total. The number of fused-ring (bicyclic) bond motifs is 5. The topological polar surface area (TPSA) is 63.6 Å². The number of carbonyl (C=O) groups is 2. The first kappa shape index (κ1) is 30.8. The van der Waals surface area contributed by atoms with E-state index < -0.39 is 11.0 Å². The van der Waals surface area contributed by atoms with E-state index >= 15 is 0 Å². The maximum Gasteiger partial charge on any atom is 0.306 e. The largest absolute Gasteiger partial charge is 0.462 e. The molecular weight excluding hydrogens is 484 g/mol. The van der Waals surface area contributed by atoms with Crippen LogP contribution in [0.3, 0.4) is 0 Å². The first-order chi connectivity index (χ1) is 18.7. The van der Waals surface area contributed by atoms with Gasteiger partial charge in [-0.15, -0.1) is 0 Å². The van der Waals surface area contributed by atoms with Crippen molar-refractivity contribution < 1.29 is 19.4 Å². The van der Waals surface area contributed by atoms with Crippen LogP contribution in [0.15, 0.2) is 11.6 Å². The van der Waals surface area contributed by atoms with Crippen LogP contribution in [0.5, 0.6) is 0 Å². The highest BCUT2D eigenvalue weighted by atomic mass is 16.5. The standard InChI is InChI=1S/C35H58O4/c1-6-8-10-11-12-13-14-15-31(37)39-28-22-26(4)35(24-36)27(23-28)21-25(3)32-29-17-20-34(38,18-9-7-2)33(29,5)19-16-30(32)35/h21,24-26,28-30,32,38H,6-20,22-23H2,1-5H3/t25-,26+,28+,29+,30+,32+,33+,34+,35+/m1/s1. The van der Waals surface area contributed by atoms with Crippen LogP contribution in [0.2, 0.25) is 0 Å². The fraction of sp³-hybridized carbons (Fsp3) is 0.886. The first-order valence-electron chi connectivity index (χ1n) is 16.8. The predicted molar refractivity (Wildman–Crippen MR) is 158 cm³/mol. The molecule has 4 heteroatoms. The van der Waals surface area contributed by atoms with Crippen LogP contribution in [0.4, 0.5) is 0 Å². The lowest BCUT2D eigenvalue weighted by Gasteiger charge is -2.61. The molecule has 3 saturated carbocycles. The Hall–Kier alpha value is -1.16. The van der Waals surface area contributed by atoms with Crippen LogP contribution in [0.25, 0.3) is 0 Å². The van der Waals surface area contributed by atoms with Gasteiger partial charge in [-0.1, -0.05) is 97.6 Å². The van der Waals surface area contributed by atoms with Crippen molar-refractivity contribution in [1.29, 1.82) is 0 Å². The minimum atomic E-state index is -0.566. The molecule has 0 radical (unpaired) electrons. The molecule has 0 unspecified atom stereocenters. The molecule has 0 aliphatic heterocycles. The second-order valence-corrected chi connectivity index (χ2v) is 14.3. The number of carbonyl (C=O) groups excluding carboxylic acids is 2. The Morgan fingerprint density at radius 3 is 2.36 bits per heavy atom.